The molecule has 128 valence electrons. The summed E-state index contributed by atoms with van der Waals surface area (Å²) in [5.41, 5.74) is 1.51. The zero-order valence-corrected chi connectivity index (χ0v) is 14.4. The van der Waals surface area contributed by atoms with Gasteiger partial charge in [0.2, 0.25) is 0 Å². The lowest BCUT2D eigenvalue weighted by molar-refractivity contribution is 0.350. The maximum Gasteiger partial charge on any atom is 0.267 e. The van der Waals surface area contributed by atoms with Crippen molar-refractivity contribution in [2.24, 2.45) is 0 Å². The van der Waals surface area contributed by atoms with Gasteiger partial charge in [0.15, 0.2) is 11.5 Å². The van der Waals surface area contributed by atoms with Gasteiger partial charge in [0, 0.05) is 18.2 Å². The van der Waals surface area contributed by atoms with Gasteiger partial charge in [-0.05, 0) is 25.0 Å². The number of hydrogen-bond acceptors (Lipinski definition) is 4. The summed E-state index contributed by atoms with van der Waals surface area (Å²) < 4.78 is 52.0. The van der Waals surface area contributed by atoms with Crippen molar-refractivity contribution < 1.29 is 22.3 Å². The van der Waals surface area contributed by atoms with Gasteiger partial charge in [-0.15, -0.1) is 0 Å². The van der Waals surface area contributed by atoms with Crippen molar-refractivity contribution >= 4 is 15.7 Å². The van der Waals surface area contributed by atoms with Gasteiger partial charge in [-0.2, -0.15) is 0 Å². The topological polar surface area (TPSA) is 55.8 Å². The normalized spacial score (nSPS) is 16.8. The van der Waals surface area contributed by atoms with E-state index in [0.717, 1.165) is 17.7 Å². The van der Waals surface area contributed by atoms with Crippen LogP contribution in [-0.4, -0.2) is 28.7 Å². The minimum atomic E-state index is -4.07. The van der Waals surface area contributed by atoms with Gasteiger partial charge < -0.3 is 9.47 Å². The standard InChI is InChI=1S/C17H18FNO4S/c1-11-8-12-6-4-5-7-14(12)19(11)24(20,21)17-10-16(23-3)15(22-2)9-13(17)18/h4-7,9-11H,8H2,1-3H3. The Labute approximate surface area is 140 Å². The molecule has 0 aromatic heterocycles. The van der Waals surface area contributed by atoms with Crippen molar-refractivity contribution in [1.29, 1.82) is 0 Å². The van der Waals surface area contributed by atoms with Gasteiger partial charge in [0.05, 0.1) is 19.9 Å². The van der Waals surface area contributed by atoms with Crippen molar-refractivity contribution in [2.75, 3.05) is 18.5 Å². The zero-order chi connectivity index (χ0) is 17.5. The van der Waals surface area contributed by atoms with Crippen LogP contribution in [-0.2, 0) is 16.4 Å². The number of benzene rings is 2. The molecule has 7 heteroatoms. The molecule has 24 heavy (non-hydrogen) atoms. The fourth-order valence-corrected chi connectivity index (χ4v) is 4.80. The summed E-state index contributed by atoms with van der Waals surface area (Å²) in [7, 11) is -1.33. The predicted octanol–water partition coefficient (Wildman–Crippen LogP) is 2.98. The highest BCUT2D eigenvalue weighted by atomic mass is 32.2. The molecule has 0 aliphatic carbocycles. The summed E-state index contributed by atoms with van der Waals surface area (Å²) >= 11 is 0. The zero-order valence-electron chi connectivity index (χ0n) is 13.6. The van der Waals surface area contributed by atoms with Crippen molar-refractivity contribution in [3.05, 3.63) is 47.8 Å². The Balaban J connectivity index is 2.16. The molecule has 0 N–H and O–H groups in total. The average Bonchev–Trinajstić information content (AvgIpc) is 2.90. The third kappa shape index (κ3) is 2.49. The van der Waals surface area contributed by atoms with Gasteiger partial charge in [0.1, 0.15) is 10.7 Å². The number of methoxy groups -OCH3 is 2. The molecule has 0 amide bonds. The van der Waals surface area contributed by atoms with E-state index in [2.05, 4.69) is 0 Å². The maximum absolute atomic E-state index is 14.5. The van der Waals surface area contributed by atoms with Crippen molar-refractivity contribution in [3.63, 3.8) is 0 Å². The molecule has 1 unspecified atom stereocenters. The van der Waals surface area contributed by atoms with Crippen LogP contribution in [0.25, 0.3) is 0 Å². The second kappa shape index (κ2) is 5.98. The number of fused-ring (bicyclic) bond motifs is 1. The minimum Gasteiger partial charge on any atom is -0.493 e. The molecule has 0 radical (unpaired) electrons. The van der Waals surface area contributed by atoms with Crippen LogP contribution >= 0.6 is 0 Å². The molecule has 0 saturated heterocycles. The van der Waals surface area contributed by atoms with Crippen LogP contribution in [0.5, 0.6) is 11.5 Å². The molecule has 1 aliphatic rings. The number of rotatable bonds is 4. The lowest BCUT2D eigenvalue weighted by Gasteiger charge is -2.25. The number of para-hydroxylation sites is 1. The Morgan fingerprint density at radius 3 is 2.42 bits per heavy atom. The van der Waals surface area contributed by atoms with Gasteiger partial charge >= 0.3 is 0 Å². The molecular weight excluding hydrogens is 333 g/mol. The van der Waals surface area contributed by atoms with Crippen LogP contribution in [0.4, 0.5) is 10.1 Å². The predicted molar refractivity (Wildman–Crippen MR) is 88.8 cm³/mol. The number of anilines is 1. The minimum absolute atomic E-state index is 0.142. The highest BCUT2D eigenvalue weighted by Gasteiger charge is 2.37. The van der Waals surface area contributed by atoms with E-state index in [1.165, 1.54) is 18.5 Å². The summed E-state index contributed by atoms with van der Waals surface area (Å²) in [4.78, 5) is -0.427. The van der Waals surface area contributed by atoms with Crippen LogP contribution < -0.4 is 13.8 Å². The molecule has 2 aromatic carbocycles. The van der Waals surface area contributed by atoms with Crippen LogP contribution in [0.15, 0.2) is 41.3 Å². The van der Waals surface area contributed by atoms with Crippen molar-refractivity contribution in [2.45, 2.75) is 24.3 Å². The first-order chi connectivity index (χ1) is 11.4. The fraction of sp³-hybridized carbons (Fsp3) is 0.294. The molecule has 0 bridgehead atoms. The van der Waals surface area contributed by atoms with Crippen LogP contribution in [0, 0.1) is 5.82 Å². The fourth-order valence-electron chi connectivity index (χ4n) is 3.04. The first-order valence-corrected chi connectivity index (χ1v) is 8.88. The Bertz CT molecular complexity index is 882. The summed E-state index contributed by atoms with van der Waals surface area (Å²) in [5.74, 6) is -0.564. The number of ether oxygens (including phenoxy) is 2. The summed E-state index contributed by atoms with van der Waals surface area (Å²) in [6.45, 7) is 1.80. The smallest absolute Gasteiger partial charge is 0.267 e. The molecule has 0 saturated carbocycles. The van der Waals surface area contributed by atoms with E-state index >= 15 is 0 Å². The van der Waals surface area contributed by atoms with Gasteiger partial charge in [-0.1, -0.05) is 18.2 Å². The van der Waals surface area contributed by atoms with E-state index in [9.17, 15) is 12.8 Å². The second-order valence-electron chi connectivity index (χ2n) is 5.62. The summed E-state index contributed by atoms with van der Waals surface area (Å²) in [6.07, 6.45) is 0.588. The highest BCUT2D eigenvalue weighted by Crippen LogP contribution is 2.39. The molecule has 1 atom stereocenters. The van der Waals surface area contributed by atoms with E-state index in [0.29, 0.717) is 12.1 Å². The van der Waals surface area contributed by atoms with Crippen molar-refractivity contribution in [1.82, 2.24) is 0 Å². The lowest BCUT2D eigenvalue weighted by Crippen LogP contribution is -2.36. The molecule has 1 aliphatic heterocycles. The van der Waals surface area contributed by atoms with Crippen LogP contribution in [0.2, 0.25) is 0 Å². The lowest BCUT2D eigenvalue weighted by atomic mass is 10.1. The van der Waals surface area contributed by atoms with Crippen molar-refractivity contribution in [3.8, 4) is 11.5 Å². The SMILES string of the molecule is COc1cc(F)c(S(=O)(=O)N2c3ccccc3CC2C)cc1OC. The van der Waals surface area contributed by atoms with Crippen LogP contribution in [0.1, 0.15) is 12.5 Å². The molecule has 5 nitrogen and oxygen atoms in total. The molecular formula is C17H18FNO4S. The Kier molecular flexibility index (Phi) is 4.13. The van der Waals surface area contributed by atoms with E-state index in [1.807, 2.05) is 12.1 Å². The molecule has 2 aromatic rings. The third-order valence-electron chi connectivity index (χ3n) is 4.12. The molecule has 1 heterocycles. The number of halogens is 1. The van der Waals surface area contributed by atoms with E-state index < -0.39 is 20.7 Å². The van der Waals surface area contributed by atoms with Gasteiger partial charge in [0.25, 0.3) is 10.0 Å². The Morgan fingerprint density at radius 2 is 1.75 bits per heavy atom. The quantitative estimate of drug-likeness (QED) is 0.850. The largest absolute Gasteiger partial charge is 0.493 e. The van der Waals surface area contributed by atoms with E-state index in [-0.39, 0.29) is 17.5 Å². The highest BCUT2D eigenvalue weighted by molar-refractivity contribution is 7.92. The second-order valence-corrected chi connectivity index (χ2v) is 7.40. The van der Waals surface area contributed by atoms with E-state index in [1.54, 1.807) is 19.1 Å². The number of hydrogen-bond donors (Lipinski definition) is 0. The third-order valence-corrected chi connectivity index (χ3v) is 6.06. The van der Waals surface area contributed by atoms with Gasteiger partial charge in [-0.25, -0.2) is 12.8 Å². The monoisotopic (exact) mass is 351 g/mol. The molecule has 0 fully saturated rings. The number of nitrogens with zero attached hydrogens (tertiary/aromatic N) is 1. The Hall–Kier alpha value is -2.28. The maximum atomic E-state index is 14.5. The first kappa shape index (κ1) is 16.6. The molecule has 0 spiro atoms. The summed E-state index contributed by atoms with van der Waals surface area (Å²) in [5, 5.41) is 0. The average molecular weight is 351 g/mol. The van der Waals surface area contributed by atoms with E-state index in [4.69, 9.17) is 9.47 Å². The first-order valence-electron chi connectivity index (χ1n) is 7.44. The van der Waals surface area contributed by atoms with Crippen LogP contribution in [0.3, 0.4) is 0 Å². The summed E-state index contributed by atoms with van der Waals surface area (Å²) in [6, 6.07) is 9.14. The Morgan fingerprint density at radius 1 is 1.12 bits per heavy atom. The molecule has 3 rings (SSSR count). The number of sulfonamides is 1. The van der Waals surface area contributed by atoms with Gasteiger partial charge in [-0.3, -0.25) is 4.31 Å².